The van der Waals surface area contributed by atoms with Crippen molar-refractivity contribution >= 4 is 24.2 Å². The van der Waals surface area contributed by atoms with E-state index in [1.54, 1.807) is 33.8 Å². The fourth-order valence-electron chi connectivity index (χ4n) is 3.72. The van der Waals surface area contributed by atoms with Crippen molar-refractivity contribution in [2.75, 3.05) is 0 Å². The lowest BCUT2D eigenvalue weighted by molar-refractivity contribution is -0.166. The Morgan fingerprint density at radius 2 is 1.24 bits per heavy atom. The Labute approximate surface area is 243 Å². The molecule has 0 radical (unpaired) electrons. The van der Waals surface area contributed by atoms with Gasteiger partial charge in [-0.3, -0.25) is 9.59 Å². The molecule has 0 bridgehead atoms. The molecule has 0 spiro atoms. The highest BCUT2D eigenvalue weighted by atomic mass is 16.7. The first kappa shape index (κ1) is 35.7. The van der Waals surface area contributed by atoms with Crippen molar-refractivity contribution in [1.82, 2.24) is 0 Å². The van der Waals surface area contributed by atoms with Gasteiger partial charge in [-0.25, -0.2) is 9.59 Å². The summed E-state index contributed by atoms with van der Waals surface area (Å²) in [4.78, 5) is 49.3. The van der Waals surface area contributed by atoms with E-state index in [0.717, 1.165) is 12.8 Å². The van der Waals surface area contributed by atoms with Crippen LogP contribution in [-0.2, 0) is 35.0 Å². The summed E-state index contributed by atoms with van der Waals surface area (Å²) in [6.07, 6.45) is -0.827. The second-order valence-electron chi connectivity index (χ2n) is 10.7. The summed E-state index contributed by atoms with van der Waals surface area (Å²) in [5.41, 5.74) is 6.60. The van der Waals surface area contributed by atoms with Crippen LogP contribution in [0.1, 0.15) is 93.1 Å². The molecule has 232 valence electrons. The number of rotatable bonds is 16. The van der Waals surface area contributed by atoms with E-state index in [4.69, 9.17) is 34.2 Å². The van der Waals surface area contributed by atoms with E-state index in [-0.39, 0.29) is 48.4 Å². The molecule has 1 aromatic rings. The van der Waals surface area contributed by atoms with E-state index < -0.39 is 36.5 Å². The van der Waals surface area contributed by atoms with Crippen LogP contribution in [0.3, 0.4) is 0 Å². The van der Waals surface area contributed by atoms with Gasteiger partial charge in [0.05, 0.1) is 0 Å². The molecule has 0 heterocycles. The highest BCUT2D eigenvalue weighted by Gasteiger charge is 2.25. The Hall–Kier alpha value is -3.34. The van der Waals surface area contributed by atoms with Gasteiger partial charge in [-0.15, -0.1) is 0 Å². The van der Waals surface area contributed by atoms with Gasteiger partial charge < -0.3 is 34.2 Å². The molecule has 1 aromatic carbocycles. The molecule has 0 aliphatic rings. The molecule has 11 nitrogen and oxygen atoms in total. The lowest BCUT2D eigenvalue weighted by Gasteiger charge is -2.23. The molecule has 0 saturated heterocycles. The van der Waals surface area contributed by atoms with Gasteiger partial charge in [0.25, 0.3) is 0 Å². The number of hydrogen-bond acceptors (Lipinski definition) is 11. The SMILES string of the molecule is CCCC(C)OC(=O)Oc1cc(C[C@H](N)C(=O)OC(C)C(C)OC(=O)CC(C)C)ccc1OC(=O)O[C@@H](C)CCC. The third-order valence-corrected chi connectivity index (χ3v) is 5.99. The summed E-state index contributed by atoms with van der Waals surface area (Å²) >= 11 is 0. The average Bonchev–Trinajstić information content (AvgIpc) is 2.84. The van der Waals surface area contributed by atoms with Gasteiger partial charge in [0.1, 0.15) is 30.5 Å². The Morgan fingerprint density at radius 3 is 1.76 bits per heavy atom. The van der Waals surface area contributed by atoms with Crippen LogP contribution in [0.4, 0.5) is 9.59 Å². The molecule has 0 saturated carbocycles. The third kappa shape index (κ3) is 14.2. The number of ether oxygens (including phenoxy) is 6. The van der Waals surface area contributed by atoms with Crippen LogP contribution in [0.25, 0.3) is 0 Å². The third-order valence-electron chi connectivity index (χ3n) is 5.99. The number of carbonyl (C=O) groups excluding carboxylic acids is 4. The summed E-state index contributed by atoms with van der Waals surface area (Å²) in [6, 6.07) is 3.34. The van der Waals surface area contributed by atoms with Crippen LogP contribution in [0.15, 0.2) is 18.2 Å². The molecule has 11 heteroatoms. The molecule has 2 N–H and O–H groups in total. The van der Waals surface area contributed by atoms with Gasteiger partial charge >= 0.3 is 24.2 Å². The van der Waals surface area contributed by atoms with Crippen LogP contribution in [-0.4, -0.2) is 54.7 Å². The van der Waals surface area contributed by atoms with Crippen LogP contribution in [0.5, 0.6) is 11.5 Å². The van der Waals surface area contributed by atoms with Crippen molar-refractivity contribution in [3.05, 3.63) is 23.8 Å². The molecule has 3 unspecified atom stereocenters. The number of esters is 2. The molecule has 41 heavy (non-hydrogen) atoms. The second kappa shape index (κ2) is 18.2. The molecule has 5 atom stereocenters. The van der Waals surface area contributed by atoms with Gasteiger partial charge in [-0.05, 0) is 70.6 Å². The number of nitrogens with two attached hydrogens (primary N) is 1. The fourth-order valence-corrected chi connectivity index (χ4v) is 3.72. The van der Waals surface area contributed by atoms with Crippen molar-refractivity contribution in [3.63, 3.8) is 0 Å². The van der Waals surface area contributed by atoms with Crippen LogP contribution in [0.2, 0.25) is 0 Å². The number of carbonyl (C=O) groups is 4. The normalized spacial score (nSPS) is 14.7. The molecule has 0 aromatic heterocycles. The fraction of sp³-hybridized carbons (Fsp3) is 0.667. The summed E-state index contributed by atoms with van der Waals surface area (Å²) < 4.78 is 31.9. The highest BCUT2D eigenvalue weighted by Crippen LogP contribution is 2.30. The van der Waals surface area contributed by atoms with Crippen molar-refractivity contribution in [2.45, 2.75) is 124 Å². The lowest BCUT2D eigenvalue weighted by atomic mass is 10.1. The first-order valence-electron chi connectivity index (χ1n) is 14.3. The number of benzene rings is 1. The molecule has 0 aliphatic carbocycles. The minimum absolute atomic E-state index is 0.0168. The zero-order chi connectivity index (χ0) is 31.1. The highest BCUT2D eigenvalue weighted by molar-refractivity contribution is 5.76. The minimum atomic E-state index is -1.08. The van der Waals surface area contributed by atoms with E-state index >= 15 is 0 Å². The van der Waals surface area contributed by atoms with Crippen LogP contribution in [0, 0.1) is 5.92 Å². The largest absolute Gasteiger partial charge is 0.514 e. The number of hydrogen-bond donors (Lipinski definition) is 1. The lowest BCUT2D eigenvalue weighted by Crippen LogP contribution is -2.39. The van der Waals surface area contributed by atoms with Gasteiger partial charge in [-0.2, -0.15) is 0 Å². The van der Waals surface area contributed by atoms with E-state index in [1.165, 1.54) is 12.1 Å². The summed E-state index contributed by atoms with van der Waals surface area (Å²) in [5, 5.41) is 0. The van der Waals surface area contributed by atoms with Gasteiger partial charge in [-0.1, -0.05) is 46.6 Å². The van der Waals surface area contributed by atoms with Gasteiger partial charge in [0.2, 0.25) is 0 Å². The maximum atomic E-state index is 12.7. The summed E-state index contributed by atoms with van der Waals surface area (Å²) in [7, 11) is 0. The van der Waals surface area contributed by atoms with Gasteiger partial charge in [0, 0.05) is 6.42 Å². The topological polar surface area (TPSA) is 150 Å². The zero-order valence-electron chi connectivity index (χ0n) is 25.6. The molecule has 1 rings (SSSR count). The van der Waals surface area contributed by atoms with Crippen LogP contribution >= 0.6 is 0 Å². The Bertz CT molecular complexity index is 995. The Morgan fingerprint density at radius 1 is 0.732 bits per heavy atom. The maximum Gasteiger partial charge on any atom is 0.514 e. The first-order valence-corrected chi connectivity index (χ1v) is 14.3. The van der Waals surface area contributed by atoms with E-state index in [0.29, 0.717) is 18.4 Å². The van der Waals surface area contributed by atoms with Crippen LogP contribution < -0.4 is 15.2 Å². The van der Waals surface area contributed by atoms with Crippen molar-refractivity contribution in [3.8, 4) is 11.5 Å². The van der Waals surface area contributed by atoms with E-state index in [1.807, 2.05) is 27.7 Å². The first-order chi connectivity index (χ1) is 19.2. The zero-order valence-corrected chi connectivity index (χ0v) is 25.6. The minimum Gasteiger partial charge on any atom is -0.459 e. The average molecular weight is 582 g/mol. The maximum absolute atomic E-state index is 12.7. The molecular weight excluding hydrogens is 534 g/mol. The molecular formula is C30H47NO10. The predicted molar refractivity (Wildman–Crippen MR) is 152 cm³/mol. The van der Waals surface area contributed by atoms with Crippen molar-refractivity contribution in [1.29, 1.82) is 0 Å². The predicted octanol–water partition coefficient (Wildman–Crippen LogP) is 5.87. The van der Waals surface area contributed by atoms with Gasteiger partial charge in [0.15, 0.2) is 11.5 Å². The quantitative estimate of drug-likeness (QED) is 0.142. The molecule has 0 aliphatic heterocycles. The van der Waals surface area contributed by atoms with E-state index in [9.17, 15) is 19.2 Å². The summed E-state index contributed by atoms with van der Waals surface area (Å²) in [5.74, 6) is -1.10. The van der Waals surface area contributed by atoms with Crippen molar-refractivity contribution < 1.29 is 47.6 Å². The monoisotopic (exact) mass is 581 g/mol. The standard InChI is InChI=1S/C30H47NO10/c1-9-11-19(5)36-29(34)40-25-14-13-23(17-26(25)41-30(35)37-20(6)12-10-2)16-24(31)28(33)39-22(8)21(7)38-27(32)15-18(3)4/h13-14,17-22,24H,9-12,15-16,31H2,1-8H3/t19-,20?,21?,22?,24-/m0/s1. The Balaban J connectivity index is 2.97. The second-order valence-corrected chi connectivity index (χ2v) is 10.7. The Kier molecular flexibility index (Phi) is 15.8. The van der Waals surface area contributed by atoms with E-state index in [2.05, 4.69) is 0 Å². The summed E-state index contributed by atoms with van der Waals surface area (Å²) in [6.45, 7) is 14.5. The smallest absolute Gasteiger partial charge is 0.459 e. The van der Waals surface area contributed by atoms with Crippen molar-refractivity contribution in [2.24, 2.45) is 11.7 Å². The molecule has 0 amide bonds. The molecule has 0 fully saturated rings.